The third-order valence-corrected chi connectivity index (χ3v) is 2.00. The van der Waals surface area contributed by atoms with Crippen LogP contribution in [0.25, 0.3) is 0 Å². The van der Waals surface area contributed by atoms with Gasteiger partial charge in [0, 0.05) is 12.0 Å². The zero-order chi connectivity index (χ0) is 5.28. The molecule has 1 rings (SSSR count). The Kier molecular flexibility index (Phi) is 1.46. The lowest BCUT2D eigenvalue weighted by molar-refractivity contribution is 0.556. The highest BCUT2D eigenvalue weighted by Gasteiger charge is 2.09. The van der Waals surface area contributed by atoms with Crippen molar-refractivity contribution >= 4 is 14.3 Å². The third-order valence-electron chi connectivity index (χ3n) is 1.37. The first-order valence-corrected chi connectivity index (χ1v) is 3.09. The van der Waals surface area contributed by atoms with Gasteiger partial charge in [0.15, 0.2) is 0 Å². The van der Waals surface area contributed by atoms with Crippen molar-refractivity contribution in [3.05, 3.63) is 0 Å². The predicted octanol–water partition coefficient (Wildman–Crippen LogP) is 0.985. The maximum absolute atomic E-state index is 3.49. The highest BCUT2D eigenvalue weighted by molar-refractivity contribution is 7.20. The van der Waals surface area contributed by atoms with Crippen LogP contribution in [0.2, 0.25) is 0 Å². The summed E-state index contributed by atoms with van der Waals surface area (Å²) < 4.78 is 0. The molecule has 2 heteroatoms. The molecule has 1 nitrogen and oxygen atoms in total. The van der Waals surface area contributed by atoms with E-state index in [1.807, 2.05) is 0 Å². The van der Waals surface area contributed by atoms with Crippen LogP contribution in [-0.2, 0) is 0 Å². The van der Waals surface area contributed by atoms with Crippen molar-refractivity contribution in [1.82, 2.24) is 4.90 Å². The second-order valence-electron chi connectivity index (χ2n) is 1.97. The molecule has 0 aliphatic carbocycles. The van der Waals surface area contributed by atoms with Crippen LogP contribution in [0.1, 0.15) is 12.8 Å². The number of rotatable bonds is 0. The second kappa shape index (κ2) is 1.94. The quantitative estimate of drug-likeness (QED) is 0.425. The van der Waals surface area contributed by atoms with E-state index in [2.05, 4.69) is 20.8 Å². The molecule has 0 radical (unpaired) electrons. The van der Waals surface area contributed by atoms with Crippen LogP contribution in [0.5, 0.6) is 0 Å². The van der Waals surface area contributed by atoms with Gasteiger partial charge in [-0.2, -0.15) is 0 Å². The lowest BCUT2D eigenvalue weighted by Gasteiger charge is -2.04. The van der Waals surface area contributed by atoms with E-state index in [0.717, 1.165) is 0 Å². The normalized spacial score (nSPS) is 23.9. The van der Waals surface area contributed by atoms with Crippen molar-refractivity contribution in [3.63, 3.8) is 0 Å². The number of hydrogen-bond donors (Lipinski definition) is 0. The van der Waals surface area contributed by atoms with Crippen LogP contribution in [-0.4, -0.2) is 23.9 Å². The predicted molar refractivity (Wildman–Crippen MR) is 35.2 cm³/mol. The monoisotopic (exact) mass is 115 g/mol. The Bertz CT molecular complexity index is 90.1. The summed E-state index contributed by atoms with van der Waals surface area (Å²) in [6.45, 7) is 1.22. The molecular formula is C5H10NP. The van der Waals surface area contributed by atoms with Gasteiger partial charge >= 0.3 is 0 Å². The fraction of sp³-hybridized carbons (Fsp3) is 0.800. The van der Waals surface area contributed by atoms with E-state index in [-0.39, 0.29) is 0 Å². The molecule has 1 saturated heterocycles. The summed E-state index contributed by atoms with van der Waals surface area (Å²) in [7, 11) is 5.60. The standard InChI is InChI=1S/C5H10NP/c1-6-4-2-3-5(6)7/h7H,2-4H2,1H3. The maximum atomic E-state index is 3.49. The van der Waals surface area contributed by atoms with Crippen molar-refractivity contribution in [2.75, 3.05) is 13.6 Å². The molecule has 0 atom stereocenters. The summed E-state index contributed by atoms with van der Waals surface area (Å²) in [4.78, 5) is 2.23. The molecule has 0 N–H and O–H groups in total. The van der Waals surface area contributed by atoms with Crippen molar-refractivity contribution in [2.45, 2.75) is 12.8 Å². The van der Waals surface area contributed by atoms with Gasteiger partial charge in [0.05, 0.1) is 0 Å². The van der Waals surface area contributed by atoms with Gasteiger partial charge in [0.1, 0.15) is 0 Å². The molecule has 1 fully saturated rings. The SMILES string of the molecule is CN1CCCC1=P. The van der Waals surface area contributed by atoms with Crippen molar-refractivity contribution in [1.29, 1.82) is 0 Å². The summed E-state index contributed by atoms with van der Waals surface area (Å²) in [5, 5.41) is 0. The van der Waals surface area contributed by atoms with Gasteiger partial charge in [-0.05, 0) is 19.9 Å². The molecule has 0 bridgehead atoms. The topological polar surface area (TPSA) is 3.24 Å². The summed E-state index contributed by atoms with van der Waals surface area (Å²) >= 11 is 0. The fourth-order valence-corrected chi connectivity index (χ4v) is 1.10. The Morgan fingerprint density at radius 2 is 2.43 bits per heavy atom. The van der Waals surface area contributed by atoms with Gasteiger partial charge < -0.3 is 0 Å². The van der Waals surface area contributed by atoms with Crippen molar-refractivity contribution < 1.29 is 0 Å². The Morgan fingerprint density at radius 3 is 2.57 bits per heavy atom. The minimum Gasteiger partial charge on any atom is -0.278 e. The van der Waals surface area contributed by atoms with Crippen LogP contribution in [0.4, 0.5) is 0 Å². The highest BCUT2D eigenvalue weighted by atomic mass is 31.0. The summed E-state index contributed by atoms with van der Waals surface area (Å²) in [6, 6.07) is 0. The Balaban J connectivity index is 2.48. The molecule has 0 amide bonds. The van der Waals surface area contributed by atoms with E-state index >= 15 is 0 Å². The maximum Gasteiger partial charge on any atom is 0.0141 e. The summed E-state index contributed by atoms with van der Waals surface area (Å²) in [5.74, 6) is 0. The van der Waals surface area contributed by atoms with Crippen LogP contribution >= 0.6 is 8.86 Å². The minimum absolute atomic E-state index is 1.22. The fourth-order valence-electron chi connectivity index (χ4n) is 0.809. The molecule has 40 valence electrons. The Morgan fingerprint density at radius 1 is 1.71 bits per heavy atom. The molecule has 0 aromatic rings. The minimum atomic E-state index is 1.22. The van der Waals surface area contributed by atoms with Crippen LogP contribution in [0, 0.1) is 0 Å². The van der Waals surface area contributed by atoms with Gasteiger partial charge in [-0.3, -0.25) is 4.90 Å². The van der Waals surface area contributed by atoms with Crippen molar-refractivity contribution in [2.24, 2.45) is 0 Å². The average molecular weight is 115 g/mol. The molecule has 1 heterocycles. The van der Waals surface area contributed by atoms with Gasteiger partial charge in [0.25, 0.3) is 0 Å². The number of hydrogen-bond acceptors (Lipinski definition) is 0. The van der Waals surface area contributed by atoms with Crippen molar-refractivity contribution in [3.8, 4) is 0 Å². The highest BCUT2D eigenvalue weighted by Crippen LogP contribution is 2.08. The van der Waals surface area contributed by atoms with Gasteiger partial charge in [-0.15, -0.1) is 8.86 Å². The summed E-state index contributed by atoms with van der Waals surface area (Å²) in [6.07, 6.45) is 2.54. The molecule has 0 spiro atoms. The molecule has 0 saturated carbocycles. The molecule has 0 unspecified atom stereocenters. The first-order valence-electron chi connectivity index (χ1n) is 2.59. The van der Waals surface area contributed by atoms with E-state index in [0.29, 0.717) is 0 Å². The first kappa shape index (κ1) is 5.27. The lowest BCUT2D eigenvalue weighted by Crippen LogP contribution is -2.15. The molecular weight excluding hydrogens is 105 g/mol. The zero-order valence-electron chi connectivity index (χ0n) is 4.57. The molecule has 1 aliphatic rings. The van der Waals surface area contributed by atoms with Gasteiger partial charge in [-0.25, -0.2) is 0 Å². The Hall–Kier alpha value is 0.130. The second-order valence-corrected chi connectivity index (χ2v) is 2.55. The van der Waals surface area contributed by atoms with E-state index in [9.17, 15) is 0 Å². The van der Waals surface area contributed by atoms with Crippen LogP contribution in [0.3, 0.4) is 0 Å². The van der Waals surface area contributed by atoms with E-state index < -0.39 is 0 Å². The zero-order valence-corrected chi connectivity index (χ0v) is 5.57. The summed E-state index contributed by atoms with van der Waals surface area (Å²) in [5.41, 5.74) is 1.35. The van der Waals surface area contributed by atoms with Gasteiger partial charge in [-0.1, -0.05) is 0 Å². The number of likely N-dealkylation sites (tertiary alicyclic amines) is 1. The largest absolute Gasteiger partial charge is 0.278 e. The molecule has 0 aromatic heterocycles. The van der Waals surface area contributed by atoms with E-state index in [4.69, 9.17) is 0 Å². The molecule has 7 heavy (non-hydrogen) atoms. The Labute approximate surface area is 46.5 Å². The number of nitrogens with zero attached hydrogens (tertiary/aromatic N) is 1. The third kappa shape index (κ3) is 1.02. The van der Waals surface area contributed by atoms with E-state index in [1.54, 1.807) is 0 Å². The molecule has 0 aromatic carbocycles. The van der Waals surface area contributed by atoms with Crippen LogP contribution in [0.15, 0.2) is 0 Å². The smallest absolute Gasteiger partial charge is 0.0141 e. The average Bonchev–Trinajstić information content (AvgIpc) is 1.91. The van der Waals surface area contributed by atoms with Gasteiger partial charge in [0.2, 0.25) is 0 Å². The van der Waals surface area contributed by atoms with E-state index in [1.165, 1.54) is 24.8 Å². The first-order chi connectivity index (χ1) is 3.30. The van der Waals surface area contributed by atoms with Crippen LogP contribution < -0.4 is 0 Å². The molecule has 1 aliphatic heterocycles. The lowest BCUT2D eigenvalue weighted by atomic mass is 10.4.